The molecule has 106 valence electrons. The highest BCUT2D eigenvalue weighted by Gasteiger charge is 2.18. The minimum atomic E-state index is -2.94. The van der Waals surface area contributed by atoms with Crippen LogP contribution in [0.5, 0.6) is 0 Å². The molecule has 1 aliphatic rings. The van der Waals surface area contributed by atoms with Gasteiger partial charge in [-0.25, -0.2) is 8.42 Å². The fourth-order valence-corrected chi connectivity index (χ4v) is 2.48. The van der Waals surface area contributed by atoms with Crippen LogP contribution in [0.4, 0.5) is 0 Å². The van der Waals surface area contributed by atoms with E-state index >= 15 is 0 Å². The van der Waals surface area contributed by atoms with Crippen LogP contribution in [0.25, 0.3) is 0 Å². The number of nitrogens with one attached hydrogen (secondary N) is 1. The van der Waals surface area contributed by atoms with Crippen molar-refractivity contribution >= 4 is 15.7 Å². The number of likely N-dealkylation sites (N-methyl/N-ethyl adjacent to an activating group) is 1. The minimum absolute atomic E-state index is 0.0528. The van der Waals surface area contributed by atoms with E-state index < -0.39 is 9.84 Å². The summed E-state index contributed by atoms with van der Waals surface area (Å²) in [5, 5.41) is 2.90. The van der Waals surface area contributed by atoms with E-state index in [9.17, 15) is 13.2 Å². The fraction of sp³-hybridized carbons (Fsp3) is 0.909. The van der Waals surface area contributed by atoms with E-state index in [1.165, 1.54) is 0 Å². The van der Waals surface area contributed by atoms with Crippen molar-refractivity contribution < 1.29 is 13.2 Å². The Labute approximate surface area is 109 Å². The van der Waals surface area contributed by atoms with Crippen LogP contribution in [-0.4, -0.2) is 81.9 Å². The van der Waals surface area contributed by atoms with Gasteiger partial charge in [-0.15, -0.1) is 0 Å². The molecule has 0 aliphatic carbocycles. The monoisotopic (exact) mass is 277 g/mol. The molecule has 0 saturated carbocycles. The van der Waals surface area contributed by atoms with E-state index in [-0.39, 0.29) is 24.0 Å². The molecule has 6 nitrogen and oxygen atoms in total. The van der Waals surface area contributed by atoms with Crippen LogP contribution in [0.15, 0.2) is 0 Å². The van der Waals surface area contributed by atoms with Gasteiger partial charge in [-0.05, 0) is 7.05 Å². The quantitative estimate of drug-likeness (QED) is 0.617. The van der Waals surface area contributed by atoms with Crippen LogP contribution >= 0.6 is 0 Å². The molecule has 0 spiro atoms. The van der Waals surface area contributed by atoms with Gasteiger partial charge in [0, 0.05) is 38.5 Å². The zero-order valence-corrected chi connectivity index (χ0v) is 12.0. The van der Waals surface area contributed by atoms with Gasteiger partial charge < -0.3 is 15.1 Å². The van der Waals surface area contributed by atoms with Crippen molar-refractivity contribution in [1.29, 1.82) is 0 Å². The van der Waals surface area contributed by atoms with Crippen LogP contribution in [0.1, 0.15) is 6.92 Å². The Bertz CT molecular complexity index is 362. The maximum absolute atomic E-state index is 11.8. The van der Waals surface area contributed by atoms with E-state index in [1.807, 2.05) is 11.9 Å². The Morgan fingerprint density at radius 3 is 2.39 bits per heavy atom. The third-order valence-corrected chi connectivity index (χ3v) is 4.87. The van der Waals surface area contributed by atoms with Crippen molar-refractivity contribution in [2.45, 2.75) is 6.92 Å². The Hall–Kier alpha value is -0.660. The maximum atomic E-state index is 11.8. The number of rotatable bonds is 6. The van der Waals surface area contributed by atoms with Crippen LogP contribution in [0, 0.1) is 0 Å². The average Bonchev–Trinajstić information content (AvgIpc) is 2.35. The third kappa shape index (κ3) is 5.32. The number of carbonyl (C=O) groups is 1. The van der Waals surface area contributed by atoms with Gasteiger partial charge >= 0.3 is 0 Å². The molecule has 0 radical (unpaired) electrons. The van der Waals surface area contributed by atoms with Crippen molar-refractivity contribution in [3.05, 3.63) is 0 Å². The third-order valence-electron chi connectivity index (χ3n) is 3.16. The normalized spacial score (nSPS) is 18.0. The molecule has 7 heteroatoms. The van der Waals surface area contributed by atoms with Crippen LogP contribution in [0.3, 0.4) is 0 Å². The van der Waals surface area contributed by atoms with Crippen molar-refractivity contribution in [1.82, 2.24) is 15.1 Å². The number of amides is 1. The summed E-state index contributed by atoms with van der Waals surface area (Å²) in [6.07, 6.45) is 0. The first-order chi connectivity index (χ1) is 8.44. The highest BCUT2D eigenvalue weighted by molar-refractivity contribution is 7.91. The second kappa shape index (κ2) is 7.06. The summed E-state index contributed by atoms with van der Waals surface area (Å²) >= 11 is 0. The van der Waals surface area contributed by atoms with Gasteiger partial charge in [-0.1, -0.05) is 6.92 Å². The maximum Gasteiger partial charge on any atom is 0.236 e. The van der Waals surface area contributed by atoms with Gasteiger partial charge in [0.25, 0.3) is 0 Å². The molecule has 1 fully saturated rings. The average molecular weight is 277 g/mol. The predicted octanol–water partition coefficient (Wildman–Crippen LogP) is -1.22. The Balaban J connectivity index is 2.18. The first-order valence-corrected chi connectivity index (χ1v) is 8.14. The lowest BCUT2D eigenvalue weighted by atomic mass is 10.3. The van der Waals surface area contributed by atoms with Gasteiger partial charge in [0.15, 0.2) is 9.84 Å². The molecule has 0 bridgehead atoms. The summed E-state index contributed by atoms with van der Waals surface area (Å²) in [4.78, 5) is 15.8. The van der Waals surface area contributed by atoms with E-state index in [0.717, 1.165) is 26.2 Å². The van der Waals surface area contributed by atoms with Gasteiger partial charge in [0.2, 0.25) is 5.91 Å². The topological polar surface area (TPSA) is 69.7 Å². The Morgan fingerprint density at radius 2 is 1.83 bits per heavy atom. The summed E-state index contributed by atoms with van der Waals surface area (Å²) in [6, 6.07) is 0. The van der Waals surface area contributed by atoms with Gasteiger partial charge in [-0.3, -0.25) is 4.79 Å². The van der Waals surface area contributed by atoms with Crippen LogP contribution in [0.2, 0.25) is 0 Å². The lowest BCUT2D eigenvalue weighted by Gasteiger charge is -2.32. The van der Waals surface area contributed by atoms with Crippen LogP contribution < -0.4 is 5.32 Å². The zero-order chi connectivity index (χ0) is 13.6. The van der Waals surface area contributed by atoms with Crippen molar-refractivity contribution in [3.8, 4) is 0 Å². The number of sulfone groups is 1. The summed E-state index contributed by atoms with van der Waals surface area (Å²) in [5.74, 6) is 0.303. The molecule has 1 saturated heterocycles. The lowest BCUT2D eigenvalue weighted by molar-refractivity contribution is -0.131. The minimum Gasteiger partial charge on any atom is -0.339 e. The van der Waals surface area contributed by atoms with Gasteiger partial charge in [-0.2, -0.15) is 0 Å². The highest BCUT2D eigenvalue weighted by Crippen LogP contribution is 1.98. The smallest absolute Gasteiger partial charge is 0.236 e. The molecule has 1 N–H and O–H groups in total. The number of hydrogen-bond donors (Lipinski definition) is 1. The van der Waals surface area contributed by atoms with Crippen LogP contribution in [-0.2, 0) is 14.6 Å². The molecule has 0 aromatic rings. The second-order valence-electron chi connectivity index (χ2n) is 4.60. The lowest BCUT2D eigenvalue weighted by Crippen LogP contribution is -2.49. The largest absolute Gasteiger partial charge is 0.339 e. The molecule has 18 heavy (non-hydrogen) atoms. The molecule has 0 unspecified atom stereocenters. The Kier molecular flexibility index (Phi) is 6.04. The summed E-state index contributed by atoms with van der Waals surface area (Å²) in [5.41, 5.74) is 0. The second-order valence-corrected chi connectivity index (χ2v) is 7.07. The predicted molar refractivity (Wildman–Crippen MR) is 71.3 cm³/mol. The molecule has 0 aromatic heterocycles. The summed E-state index contributed by atoms with van der Waals surface area (Å²) in [7, 11) is -0.906. The molecule has 1 aliphatic heterocycles. The fourth-order valence-electron chi connectivity index (χ4n) is 1.73. The number of hydrogen-bond acceptors (Lipinski definition) is 5. The van der Waals surface area contributed by atoms with E-state index in [4.69, 9.17) is 0 Å². The number of carbonyl (C=O) groups excluding carboxylic acids is 1. The van der Waals surface area contributed by atoms with Crippen molar-refractivity contribution in [2.75, 3.05) is 57.8 Å². The number of nitrogens with zero attached hydrogens (tertiary/aromatic N) is 2. The zero-order valence-electron chi connectivity index (χ0n) is 11.2. The molecular weight excluding hydrogens is 254 g/mol. The SMILES string of the molecule is CCS(=O)(=O)CCNCC(=O)N1CCN(C)CC1. The summed E-state index contributed by atoms with van der Waals surface area (Å²) < 4.78 is 22.5. The van der Waals surface area contributed by atoms with E-state index in [0.29, 0.717) is 6.54 Å². The first kappa shape index (κ1) is 15.4. The van der Waals surface area contributed by atoms with Crippen molar-refractivity contribution in [3.63, 3.8) is 0 Å². The first-order valence-electron chi connectivity index (χ1n) is 6.32. The molecule has 0 aromatic carbocycles. The van der Waals surface area contributed by atoms with E-state index in [1.54, 1.807) is 6.92 Å². The molecule has 1 heterocycles. The molecule has 1 rings (SSSR count). The molecule has 1 amide bonds. The van der Waals surface area contributed by atoms with Gasteiger partial charge in [0.1, 0.15) is 0 Å². The number of piperazine rings is 1. The van der Waals surface area contributed by atoms with Gasteiger partial charge in [0.05, 0.1) is 12.3 Å². The molecular formula is C11H23N3O3S. The van der Waals surface area contributed by atoms with Crippen molar-refractivity contribution in [2.24, 2.45) is 0 Å². The standard InChI is InChI=1S/C11H23N3O3S/c1-3-18(16,17)9-4-12-10-11(15)14-7-5-13(2)6-8-14/h12H,3-10H2,1-2H3. The highest BCUT2D eigenvalue weighted by atomic mass is 32.2. The molecule has 0 atom stereocenters. The Morgan fingerprint density at radius 1 is 1.22 bits per heavy atom. The summed E-state index contributed by atoms with van der Waals surface area (Å²) in [6.45, 7) is 5.50. The van der Waals surface area contributed by atoms with E-state index in [2.05, 4.69) is 10.2 Å².